The number of benzene rings is 1. The molecule has 10 heteroatoms. The molecule has 0 N–H and O–H groups in total. The van der Waals surface area contributed by atoms with Crippen LogP contribution in [0.1, 0.15) is 69.8 Å². The fraction of sp³-hybridized carbons (Fsp3) is 0.432. The van der Waals surface area contributed by atoms with Crippen LogP contribution in [0.4, 0.5) is 9.18 Å². The van der Waals surface area contributed by atoms with Gasteiger partial charge in [-0.05, 0) is 95.8 Å². The first-order valence-corrected chi connectivity index (χ1v) is 17.3. The molecule has 5 heterocycles. The predicted molar refractivity (Wildman–Crippen MR) is 184 cm³/mol. The molecule has 3 aliphatic rings. The lowest BCUT2D eigenvalue weighted by Crippen LogP contribution is -2.46. The molecule has 8 nitrogen and oxygen atoms in total. The van der Waals surface area contributed by atoms with Crippen molar-refractivity contribution in [2.24, 2.45) is 0 Å². The Balaban J connectivity index is 1.38. The van der Waals surface area contributed by atoms with Crippen molar-refractivity contribution in [1.29, 1.82) is 0 Å². The quantitative estimate of drug-likeness (QED) is 0.216. The highest BCUT2D eigenvalue weighted by molar-refractivity contribution is 7.17. The minimum Gasteiger partial charge on any atom is -0.494 e. The molecule has 3 aromatic heterocycles. The summed E-state index contributed by atoms with van der Waals surface area (Å²) in [5.41, 5.74) is 7.20. The predicted octanol–water partition coefficient (Wildman–Crippen LogP) is 8.21. The minimum absolute atomic E-state index is 0.108. The van der Waals surface area contributed by atoms with Crippen LogP contribution in [0.3, 0.4) is 0 Å². The Morgan fingerprint density at radius 3 is 2.68 bits per heavy atom. The Morgan fingerprint density at radius 2 is 1.91 bits per heavy atom. The van der Waals surface area contributed by atoms with E-state index in [4.69, 9.17) is 19.6 Å². The zero-order valence-corrected chi connectivity index (χ0v) is 28.9. The van der Waals surface area contributed by atoms with E-state index < -0.39 is 11.5 Å². The molecule has 0 radical (unpaired) electrons. The molecular formula is C37H42FN5O3S. The summed E-state index contributed by atoms with van der Waals surface area (Å²) < 4.78 is 29.9. The van der Waals surface area contributed by atoms with Crippen LogP contribution in [0.25, 0.3) is 32.7 Å². The molecule has 2 unspecified atom stereocenters. The first-order chi connectivity index (χ1) is 22.3. The van der Waals surface area contributed by atoms with Gasteiger partial charge in [-0.15, -0.1) is 11.3 Å². The summed E-state index contributed by atoms with van der Waals surface area (Å²) in [5, 5.41) is 8.19. The molecule has 1 aliphatic carbocycles. The normalized spacial score (nSPS) is 19.9. The topological polar surface area (TPSA) is 72.7 Å². The highest BCUT2D eigenvalue weighted by Crippen LogP contribution is 2.47. The lowest BCUT2D eigenvalue weighted by Gasteiger charge is -2.35. The molecule has 7 rings (SSSR count). The number of carbonyl (C=O) groups is 1. The van der Waals surface area contributed by atoms with Crippen molar-refractivity contribution in [3.8, 4) is 22.6 Å². The van der Waals surface area contributed by atoms with Gasteiger partial charge in [0.1, 0.15) is 22.9 Å². The number of fused-ring (bicyclic) bond motifs is 3. The van der Waals surface area contributed by atoms with Gasteiger partial charge < -0.3 is 14.4 Å². The Bertz CT molecular complexity index is 1930. The Hall–Kier alpha value is -4.02. The third-order valence-electron chi connectivity index (χ3n) is 8.96. The molecule has 47 heavy (non-hydrogen) atoms. The smallest absolute Gasteiger partial charge is 0.410 e. The average molecular weight is 656 g/mol. The second-order valence-electron chi connectivity index (χ2n) is 14.3. The molecule has 0 saturated heterocycles. The summed E-state index contributed by atoms with van der Waals surface area (Å²) in [6.07, 6.45) is 3.64. The SMILES string of the molecule is CC(C)OC1=CC(F)=CC1c1c(-c2cc3n(n2)CC(C)N(C(=O)OC(C)(C)C)C3)nc(-c2ccc3c(c2)CCN(C)C3)c2ccsc12. The number of carbonyl (C=O) groups excluding carboxylic acids is 1. The van der Waals surface area contributed by atoms with Gasteiger partial charge in [0, 0.05) is 40.4 Å². The average Bonchev–Trinajstić information content (AvgIpc) is 3.72. The molecular weight excluding hydrogens is 614 g/mol. The van der Waals surface area contributed by atoms with Crippen LogP contribution in [0.5, 0.6) is 0 Å². The van der Waals surface area contributed by atoms with Gasteiger partial charge in [-0.1, -0.05) is 12.1 Å². The summed E-state index contributed by atoms with van der Waals surface area (Å²) in [7, 11) is 2.16. The Kier molecular flexibility index (Phi) is 7.99. The first-order valence-electron chi connectivity index (χ1n) is 16.4. The standard InChI is InChI=1S/C37H42FN5O3S/c1-21(2)45-31-16-26(38)15-29(31)32-34(30-17-27-20-42(22(3)18-43(27)40-30)36(44)46-37(4,5)6)39-33(28-11-13-47-35(28)32)24-8-9-25-19-41(7)12-10-23(25)14-24/h8-9,11,13-17,21-22,29H,10,12,18-20H2,1-7H3. The summed E-state index contributed by atoms with van der Waals surface area (Å²) in [5.74, 6) is -0.212. The van der Waals surface area contributed by atoms with E-state index in [0.717, 1.165) is 52.1 Å². The second kappa shape index (κ2) is 11.9. The van der Waals surface area contributed by atoms with E-state index in [1.54, 1.807) is 22.3 Å². The highest BCUT2D eigenvalue weighted by Gasteiger charge is 2.35. The fourth-order valence-corrected chi connectivity index (χ4v) is 7.79. The molecule has 4 aromatic rings. The number of likely N-dealkylation sites (N-methyl/N-ethyl adjacent to an activating group) is 1. The van der Waals surface area contributed by atoms with E-state index >= 15 is 4.39 Å². The lowest BCUT2D eigenvalue weighted by molar-refractivity contribution is 0.00907. The van der Waals surface area contributed by atoms with Crippen LogP contribution in [0, 0.1) is 0 Å². The number of amides is 1. The largest absolute Gasteiger partial charge is 0.494 e. The van der Waals surface area contributed by atoms with Gasteiger partial charge in [-0.25, -0.2) is 14.2 Å². The van der Waals surface area contributed by atoms with E-state index in [1.165, 1.54) is 17.2 Å². The van der Waals surface area contributed by atoms with Crippen molar-refractivity contribution in [3.05, 3.63) is 81.8 Å². The Labute approximate surface area is 279 Å². The second-order valence-corrected chi connectivity index (χ2v) is 15.2. The van der Waals surface area contributed by atoms with Gasteiger partial charge in [0.2, 0.25) is 0 Å². The van der Waals surface area contributed by atoms with Gasteiger partial charge in [0.05, 0.1) is 48.2 Å². The van der Waals surface area contributed by atoms with Gasteiger partial charge in [-0.2, -0.15) is 5.10 Å². The van der Waals surface area contributed by atoms with Crippen molar-refractivity contribution in [1.82, 2.24) is 24.6 Å². The first kappa shape index (κ1) is 31.6. The molecule has 2 atom stereocenters. The molecule has 0 spiro atoms. The van der Waals surface area contributed by atoms with Gasteiger partial charge >= 0.3 is 6.09 Å². The highest BCUT2D eigenvalue weighted by atomic mass is 32.1. The number of hydrogen-bond acceptors (Lipinski definition) is 7. The van der Waals surface area contributed by atoms with Crippen LogP contribution in [-0.4, -0.2) is 62.0 Å². The van der Waals surface area contributed by atoms with Gasteiger partial charge in [0.15, 0.2) is 0 Å². The maximum atomic E-state index is 15.0. The molecule has 0 saturated carbocycles. The number of allylic oxidation sites excluding steroid dienone is 3. The lowest BCUT2D eigenvalue weighted by atomic mass is 9.91. The zero-order chi connectivity index (χ0) is 33.2. The summed E-state index contributed by atoms with van der Waals surface area (Å²) in [4.78, 5) is 22.6. The van der Waals surface area contributed by atoms with Crippen LogP contribution in [-0.2, 0) is 35.5 Å². The van der Waals surface area contributed by atoms with Crippen LogP contribution < -0.4 is 0 Å². The summed E-state index contributed by atoms with van der Waals surface area (Å²) >= 11 is 1.63. The fourth-order valence-electron chi connectivity index (χ4n) is 6.81. The van der Waals surface area contributed by atoms with E-state index in [9.17, 15) is 4.79 Å². The summed E-state index contributed by atoms with van der Waals surface area (Å²) in [6, 6.07) is 10.7. The van der Waals surface area contributed by atoms with Crippen molar-refractivity contribution >= 4 is 27.5 Å². The van der Waals surface area contributed by atoms with Crippen molar-refractivity contribution in [2.75, 3.05) is 13.6 Å². The van der Waals surface area contributed by atoms with Gasteiger partial charge in [-0.3, -0.25) is 9.58 Å². The Morgan fingerprint density at radius 1 is 1.11 bits per heavy atom. The zero-order valence-electron chi connectivity index (χ0n) is 28.1. The minimum atomic E-state index is -0.592. The molecule has 0 fully saturated rings. The van der Waals surface area contributed by atoms with Crippen molar-refractivity contribution in [3.63, 3.8) is 0 Å². The van der Waals surface area contributed by atoms with Gasteiger partial charge in [0.25, 0.3) is 0 Å². The number of ether oxygens (including phenoxy) is 2. The van der Waals surface area contributed by atoms with Crippen LogP contribution in [0.2, 0.25) is 0 Å². The van der Waals surface area contributed by atoms with Crippen LogP contribution >= 0.6 is 11.3 Å². The van der Waals surface area contributed by atoms with Crippen molar-refractivity contribution in [2.45, 2.75) is 91.3 Å². The monoisotopic (exact) mass is 655 g/mol. The molecule has 1 amide bonds. The third-order valence-corrected chi connectivity index (χ3v) is 9.91. The van der Waals surface area contributed by atoms with E-state index in [0.29, 0.717) is 30.2 Å². The van der Waals surface area contributed by atoms with E-state index in [2.05, 4.69) is 41.6 Å². The molecule has 2 aliphatic heterocycles. The molecule has 0 bridgehead atoms. The number of hydrogen-bond donors (Lipinski definition) is 0. The molecule has 1 aromatic carbocycles. The number of nitrogens with zero attached hydrogens (tertiary/aromatic N) is 5. The van der Waals surface area contributed by atoms with E-state index in [-0.39, 0.29) is 24.1 Å². The number of aromatic nitrogens is 3. The number of rotatable bonds is 5. The number of thiophene rings is 1. The number of halogens is 1. The van der Waals surface area contributed by atoms with E-state index in [1.807, 2.05) is 52.3 Å². The third kappa shape index (κ3) is 6.09. The molecule has 246 valence electrons. The summed E-state index contributed by atoms with van der Waals surface area (Å²) in [6.45, 7) is 14.4. The maximum Gasteiger partial charge on any atom is 0.410 e. The number of pyridine rings is 1. The van der Waals surface area contributed by atoms with Crippen LogP contribution in [0.15, 0.2) is 59.4 Å². The van der Waals surface area contributed by atoms with Crippen molar-refractivity contribution < 1.29 is 18.7 Å². The maximum absolute atomic E-state index is 15.0.